The Hall–Kier alpha value is -3.18. The first kappa shape index (κ1) is 17.9. The molecular weight excluding hydrogens is 380 g/mol. The lowest BCUT2D eigenvalue weighted by Crippen LogP contribution is -2.26. The van der Waals surface area contributed by atoms with Crippen molar-refractivity contribution in [3.05, 3.63) is 106 Å². The Labute approximate surface area is 172 Å². The molecule has 1 aliphatic rings. The summed E-state index contributed by atoms with van der Waals surface area (Å²) in [6.45, 7) is 2.04. The fraction of sp³-hybridized carbons (Fsp3) is 0.125. The van der Waals surface area contributed by atoms with Crippen molar-refractivity contribution in [2.45, 2.75) is 23.4 Å². The monoisotopic (exact) mass is 398 g/mol. The van der Waals surface area contributed by atoms with Crippen LogP contribution in [0, 0.1) is 6.92 Å². The van der Waals surface area contributed by atoms with E-state index in [-0.39, 0.29) is 17.4 Å². The number of hydrogen-bond donors (Lipinski definition) is 0. The van der Waals surface area contributed by atoms with E-state index in [1.807, 2.05) is 55.5 Å². The minimum absolute atomic E-state index is 0.0446. The number of hydrogen-bond acceptors (Lipinski definition) is 4. The van der Waals surface area contributed by atoms with Crippen molar-refractivity contribution in [2.75, 3.05) is 0 Å². The van der Waals surface area contributed by atoms with Crippen LogP contribution < -0.4 is 5.56 Å². The number of aryl methyl sites for hydroxylation is 1. The second-order valence-electron chi connectivity index (χ2n) is 7.21. The topological polar surface area (TPSA) is 52.0 Å². The molecular formula is C24H18N2O2S. The maximum atomic E-state index is 13.4. The predicted octanol–water partition coefficient (Wildman–Crippen LogP) is 4.65. The van der Waals surface area contributed by atoms with Crippen LogP contribution in [0.3, 0.4) is 0 Å². The molecule has 4 nitrogen and oxygen atoms in total. The summed E-state index contributed by atoms with van der Waals surface area (Å²) in [5.41, 5.74) is 3.42. The van der Waals surface area contributed by atoms with Gasteiger partial charge in [0.2, 0.25) is 0 Å². The number of thioether (sulfide) groups is 1. The first-order valence-corrected chi connectivity index (χ1v) is 10.4. The summed E-state index contributed by atoms with van der Waals surface area (Å²) in [4.78, 5) is 30.3. The van der Waals surface area contributed by atoms with Gasteiger partial charge in [0.25, 0.3) is 5.56 Å². The van der Waals surface area contributed by atoms with E-state index < -0.39 is 5.25 Å². The van der Waals surface area contributed by atoms with Crippen LogP contribution >= 0.6 is 11.8 Å². The normalized spacial score (nSPS) is 18.0. The quantitative estimate of drug-likeness (QED) is 0.372. The van der Waals surface area contributed by atoms with E-state index in [4.69, 9.17) is 0 Å². The molecule has 0 fully saturated rings. The Balaban J connectivity index is 1.74. The Morgan fingerprint density at radius 3 is 2.38 bits per heavy atom. The summed E-state index contributed by atoms with van der Waals surface area (Å²) in [6.07, 6.45) is 0. The van der Waals surface area contributed by atoms with Crippen LogP contribution in [0.1, 0.15) is 27.5 Å². The molecule has 0 N–H and O–H groups in total. The third-order valence-corrected chi connectivity index (χ3v) is 6.55. The van der Waals surface area contributed by atoms with Crippen LogP contribution in [0.25, 0.3) is 10.9 Å². The van der Waals surface area contributed by atoms with Gasteiger partial charge in [0, 0.05) is 5.56 Å². The minimum atomic E-state index is -0.391. The molecule has 1 aromatic heterocycles. The lowest BCUT2D eigenvalue weighted by Gasteiger charge is -2.22. The lowest BCUT2D eigenvalue weighted by molar-refractivity contribution is 0.0979. The summed E-state index contributed by atoms with van der Waals surface area (Å²) in [6, 6.07) is 24.8. The number of nitrogens with zero attached hydrogens (tertiary/aromatic N) is 2. The Kier molecular flexibility index (Phi) is 4.32. The van der Waals surface area contributed by atoms with Gasteiger partial charge in [0.15, 0.2) is 10.9 Å². The molecule has 2 heterocycles. The molecule has 0 unspecified atom stereocenters. The van der Waals surface area contributed by atoms with Crippen molar-refractivity contribution in [3.8, 4) is 0 Å². The van der Waals surface area contributed by atoms with Crippen LogP contribution in [0.5, 0.6) is 0 Å². The van der Waals surface area contributed by atoms with Gasteiger partial charge in [-0.3, -0.25) is 9.59 Å². The van der Waals surface area contributed by atoms with Gasteiger partial charge >= 0.3 is 0 Å². The summed E-state index contributed by atoms with van der Waals surface area (Å²) in [7, 11) is 0. The van der Waals surface area contributed by atoms with Gasteiger partial charge < -0.3 is 4.57 Å². The van der Waals surface area contributed by atoms with Gasteiger partial charge in [-0.15, -0.1) is 0 Å². The Morgan fingerprint density at radius 1 is 0.931 bits per heavy atom. The predicted molar refractivity (Wildman–Crippen MR) is 116 cm³/mol. The van der Waals surface area contributed by atoms with Crippen molar-refractivity contribution >= 4 is 28.4 Å². The molecule has 3 aromatic carbocycles. The molecule has 0 spiro atoms. The number of fused-ring (bicyclic) bond motifs is 3. The third kappa shape index (κ3) is 2.98. The van der Waals surface area contributed by atoms with Crippen LogP contribution in [-0.4, -0.2) is 20.6 Å². The van der Waals surface area contributed by atoms with E-state index in [1.165, 1.54) is 11.8 Å². The van der Waals surface area contributed by atoms with Crippen LogP contribution in [-0.2, 0) is 0 Å². The van der Waals surface area contributed by atoms with E-state index in [2.05, 4.69) is 33.8 Å². The number of rotatable bonds is 3. The standard InChI is InChI=1S/C24H18N2O2S/c1-15-11-13-16(14-12-15)20-22(21(27)17-7-3-2-4-8-17)29-24-25-23(28)18-9-5-6-10-19(18)26(20)24/h2-14,20,22H,1H3/t20-,22+/m0/s1. The third-order valence-electron chi connectivity index (χ3n) is 5.33. The van der Waals surface area contributed by atoms with Crippen molar-refractivity contribution in [1.29, 1.82) is 0 Å². The van der Waals surface area contributed by atoms with Crippen molar-refractivity contribution in [1.82, 2.24) is 9.55 Å². The van der Waals surface area contributed by atoms with Crippen molar-refractivity contribution < 1.29 is 4.79 Å². The molecule has 29 heavy (non-hydrogen) atoms. The van der Waals surface area contributed by atoms with E-state index in [9.17, 15) is 9.59 Å². The average Bonchev–Trinajstić information content (AvgIpc) is 3.14. The van der Waals surface area contributed by atoms with Gasteiger partial charge in [-0.1, -0.05) is 84.1 Å². The first-order valence-electron chi connectivity index (χ1n) is 9.47. The number of Topliss-reactive ketones (excluding diaryl/α,β-unsaturated/α-hetero) is 1. The number of benzene rings is 3. The zero-order chi connectivity index (χ0) is 20.0. The van der Waals surface area contributed by atoms with Gasteiger partial charge in [0.1, 0.15) is 5.25 Å². The molecule has 142 valence electrons. The fourth-order valence-electron chi connectivity index (χ4n) is 3.89. The number of ketones is 1. The average molecular weight is 398 g/mol. The highest BCUT2D eigenvalue weighted by Gasteiger charge is 2.41. The molecule has 0 bridgehead atoms. The van der Waals surface area contributed by atoms with Gasteiger partial charge in [0.05, 0.1) is 16.9 Å². The molecule has 0 amide bonds. The molecule has 4 aromatic rings. The van der Waals surface area contributed by atoms with Crippen LogP contribution in [0.2, 0.25) is 0 Å². The summed E-state index contributed by atoms with van der Waals surface area (Å²) in [5.74, 6) is 0.0446. The number of carbonyl (C=O) groups excluding carboxylic acids is 1. The van der Waals surface area contributed by atoms with E-state index >= 15 is 0 Å². The smallest absolute Gasteiger partial charge is 0.281 e. The van der Waals surface area contributed by atoms with Gasteiger partial charge in [-0.25, -0.2) is 0 Å². The van der Waals surface area contributed by atoms with E-state index in [0.717, 1.165) is 16.6 Å². The molecule has 0 radical (unpaired) electrons. The second-order valence-corrected chi connectivity index (χ2v) is 8.32. The maximum absolute atomic E-state index is 13.4. The molecule has 2 atom stereocenters. The SMILES string of the molecule is Cc1ccc([C@H]2[C@H](C(=O)c3ccccc3)Sc3nc(=O)c4ccccc4n32)cc1. The molecule has 5 heteroatoms. The van der Waals surface area contributed by atoms with Crippen molar-refractivity contribution in [2.24, 2.45) is 0 Å². The number of para-hydroxylation sites is 1. The lowest BCUT2D eigenvalue weighted by atomic mass is 9.96. The zero-order valence-corrected chi connectivity index (χ0v) is 16.6. The van der Waals surface area contributed by atoms with Gasteiger partial charge in [-0.05, 0) is 24.6 Å². The zero-order valence-electron chi connectivity index (χ0n) is 15.8. The van der Waals surface area contributed by atoms with E-state index in [0.29, 0.717) is 16.1 Å². The molecule has 5 rings (SSSR count). The maximum Gasteiger partial charge on any atom is 0.281 e. The first-order chi connectivity index (χ1) is 14.1. The molecule has 0 aliphatic carbocycles. The largest absolute Gasteiger partial charge is 0.311 e. The number of carbonyl (C=O) groups is 1. The van der Waals surface area contributed by atoms with Crippen LogP contribution in [0.4, 0.5) is 0 Å². The van der Waals surface area contributed by atoms with Gasteiger partial charge in [-0.2, -0.15) is 4.98 Å². The Morgan fingerprint density at radius 2 is 1.62 bits per heavy atom. The van der Waals surface area contributed by atoms with Crippen LogP contribution in [0.15, 0.2) is 88.8 Å². The molecule has 0 saturated heterocycles. The molecule has 0 saturated carbocycles. The highest BCUT2D eigenvalue weighted by molar-refractivity contribution is 8.00. The summed E-state index contributed by atoms with van der Waals surface area (Å²) >= 11 is 1.38. The molecule has 1 aliphatic heterocycles. The Bertz CT molecular complexity index is 1280. The summed E-state index contributed by atoms with van der Waals surface area (Å²) < 4.78 is 2.05. The number of aromatic nitrogens is 2. The second kappa shape index (κ2) is 7.01. The fourth-order valence-corrected chi connectivity index (χ4v) is 5.22. The highest BCUT2D eigenvalue weighted by atomic mass is 32.2. The summed E-state index contributed by atoms with van der Waals surface area (Å²) in [5, 5.41) is 0.771. The van der Waals surface area contributed by atoms with Crippen molar-refractivity contribution in [3.63, 3.8) is 0 Å². The highest BCUT2D eigenvalue weighted by Crippen LogP contribution is 2.45. The van der Waals surface area contributed by atoms with E-state index in [1.54, 1.807) is 6.07 Å². The minimum Gasteiger partial charge on any atom is -0.311 e.